The lowest BCUT2D eigenvalue weighted by Gasteiger charge is -2.15. The van der Waals surface area contributed by atoms with Crippen LogP contribution in [-0.4, -0.2) is 0 Å². The van der Waals surface area contributed by atoms with E-state index >= 15 is 0 Å². The van der Waals surface area contributed by atoms with Crippen LogP contribution in [0.25, 0.3) is 0 Å². The second-order valence-electron chi connectivity index (χ2n) is 4.81. The van der Waals surface area contributed by atoms with Crippen LogP contribution in [0, 0.1) is 11.7 Å². The lowest BCUT2D eigenvalue weighted by Crippen LogP contribution is -2.14. The quantitative estimate of drug-likeness (QED) is 0.806. The van der Waals surface area contributed by atoms with Crippen molar-refractivity contribution in [1.82, 2.24) is 0 Å². The molecule has 0 saturated heterocycles. The average molecular weight is 263 g/mol. The van der Waals surface area contributed by atoms with E-state index in [1.807, 2.05) is 13.8 Å². The van der Waals surface area contributed by atoms with E-state index in [0.29, 0.717) is 18.4 Å². The first-order chi connectivity index (χ1) is 8.21. The Labute approximate surface area is 104 Å². The van der Waals surface area contributed by atoms with Crippen LogP contribution in [0.3, 0.4) is 0 Å². The monoisotopic (exact) mass is 263 g/mol. The highest BCUT2D eigenvalue weighted by atomic mass is 19.4. The number of halogens is 4. The van der Waals surface area contributed by atoms with Gasteiger partial charge in [-0.25, -0.2) is 4.39 Å². The third kappa shape index (κ3) is 3.98. The van der Waals surface area contributed by atoms with Gasteiger partial charge in [0, 0.05) is 11.6 Å². The highest BCUT2D eigenvalue weighted by molar-refractivity contribution is 5.28. The van der Waals surface area contributed by atoms with E-state index in [9.17, 15) is 17.6 Å². The maximum Gasteiger partial charge on any atom is 0.416 e. The standard InChI is InChI=1S/C13H17F4N/c1-8(2)3-6-12(18)10-5-4-9(7-11(10)14)13(15,16)17/h4-5,7-8,12H,3,6,18H2,1-2H3/t12-/m1/s1. The highest BCUT2D eigenvalue weighted by Gasteiger charge is 2.31. The van der Waals surface area contributed by atoms with Crippen LogP contribution >= 0.6 is 0 Å². The van der Waals surface area contributed by atoms with Crippen LogP contribution in [0.4, 0.5) is 17.6 Å². The van der Waals surface area contributed by atoms with Crippen molar-refractivity contribution in [1.29, 1.82) is 0 Å². The molecule has 1 aromatic carbocycles. The Hall–Kier alpha value is -1.10. The minimum atomic E-state index is -4.53. The molecule has 0 aliphatic carbocycles. The van der Waals surface area contributed by atoms with Crippen molar-refractivity contribution < 1.29 is 17.6 Å². The molecule has 0 saturated carbocycles. The number of hydrogen-bond donors (Lipinski definition) is 1. The Kier molecular flexibility index (Phi) is 4.73. The zero-order valence-corrected chi connectivity index (χ0v) is 10.4. The van der Waals surface area contributed by atoms with Crippen LogP contribution < -0.4 is 5.73 Å². The second-order valence-corrected chi connectivity index (χ2v) is 4.81. The molecule has 0 amide bonds. The normalized spacial score (nSPS) is 14.0. The smallest absolute Gasteiger partial charge is 0.324 e. The van der Waals surface area contributed by atoms with E-state index in [0.717, 1.165) is 18.6 Å². The molecule has 0 heterocycles. The molecular weight excluding hydrogens is 246 g/mol. The molecule has 2 N–H and O–H groups in total. The summed E-state index contributed by atoms with van der Waals surface area (Å²) in [4.78, 5) is 0. The largest absolute Gasteiger partial charge is 0.416 e. The molecule has 0 fully saturated rings. The predicted octanol–water partition coefficient (Wildman–Crippen LogP) is 4.28. The van der Waals surface area contributed by atoms with Crippen molar-refractivity contribution in [2.45, 2.75) is 38.9 Å². The van der Waals surface area contributed by atoms with Gasteiger partial charge in [0.05, 0.1) is 5.56 Å². The molecule has 5 heteroatoms. The molecule has 0 aromatic heterocycles. The molecule has 0 spiro atoms. The lowest BCUT2D eigenvalue weighted by molar-refractivity contribution is -0.137. The van der Waals surface area contributed by atoms with E-state index < -0.39 is 23.6 Å². The number of nitrogens with two attached hydrogens (primary N) is 1. The van der Waals surface area contributed by atoms with Gasteiger partial charge < -0.3 is 5.73 Å². The van der Waals surface area contributed by atoms with Gasteiger partial charge in [-0.15, -0.1) is 0 Å². The summed E-state index contributed by atoms with van der Waals surface area (Å²) < 4.78 is 50.6. The summed E-state index contributed by atoms with van der Waals surface area (Å²) in [5.41, 5.74) is 4.94. The molecule has 1 nitrogen and oxygen atoms in total. The molecule has 0 radical (unpaired) electrons. The SMILES string of the molecule is CC(C)CC[C@@H](N)c1ccc(C(F)(F)F)cc1F. The summed E-state index contributed by atoms with van der Waals surface area (Å²) in [5, 5.41) is 0. The summed E-state index contributed by atoms with van der Waals surface area (Å²) in [5.74, 6) is -0.463. The van der Waals surface area contributed by atoms with Gasteiger partial charge >= 0.3 is 6.18 Å². The molecule has 1 aromatic rings. The third-order valence-electron chi connectivity index (χ3n) is 2.78. The third-order valence-corrected chi connectivity index (χ3v) is 2.78. The Morgan fingerprint density at radius 3 is 2.22 bits per heavy atom. The fraction of sp³-hybridized carbons (Fsp3) is 0.538. The lowest BCUT2D eigenvalue weighted by atomic mass is 9.97. The Balaban J connectivity index is 2.85. The topological polar surface area (TPSA) is 26.0 Å². The van der Waals surface area contributed by atoms with Gasteiger partial charge in [-0.3, -0.25) is 0 Å². The van der Waals surface area contributed by atoms with E-state index in [1.165, 1.54) is 0 Å². The number of alkyl halides is 3. The van der Waals surface area contributed by atoms with Gasteiger partial charge in [0.2, 0.25) is 0 Å². The number of rotatable bonds is 4. The van der Waals surface area contributed by atoms with Crippen LogP contribution in [0.5, 0.6) is 0 Å². The van der Waals surface area contributed by atoms with Gasteiger partial charge in [-0.2, -0.15) is 13.2 Å². The molecule has 1 atom stereocenters. The molecule has 102 valence electrons. The number of benzene rings is 1. The molecule has 1 rings (SSSR count). The fourth-order valence-electron chi connectivity index (χ4n) is 1.67. The van der Waals surface area contributed by atoms with E-state index in [4.69, 9.17) is 5.73 Å². The van der Waals surface area contributed by atoms with Gasteiger partial charge in [0.1, 0.15) is 5.82 Å². The average Bonchev–Trinajstić information content (AvgIpc) is 2.24. The van der Waals surface area contributed by atoms with E-state index in [2.05, 4.69) is 0 Å². The zero-order valence-electron chi connectivity index (χ0n) is 10.4. The first-order valence-electron chi connectivity index (χ1n) is 5.84. The van der Waals surface area contributed by atoms with Gasteiger partial charge in [-0.1, -0.05) is 19.9 Å². The number of hydrogen-bond acceptors (Lipinski definition) is 1. The Morgan fingerprint density at radius 2 is 1.78 bits per heavy atom. The van der Waals surface area contributed by atoms with Crippen LogP contribution in [-0.2, 0) is 6.18 Å². The summed E-state index contributed by atoms with van der Waals surface area (Å²) in [6.45, 7) is 4.02. The maximum absolute atomic E-state index is 13.6. The molecule has 0 aliphatic heterocycles. The highest BCUT2D eigenvalue weighted by Crippen LogP contribution is 2.31. The molecule has 0 aliphatic rings. The van der Waals surface area contributed by atoms with Gasteiger partial charge in [0.15, 0.2) is 0 Å². The van der Waals surface area contributed by atoms with Gasteiger partial charge in [-0.05, 0) is 30.9 Å². The summed E-state index contributed by atoms with van der Waals surface area (Å²) in [6.07, 6.45) is -3.16. The molecular formula is C13H17F4N. The molecule has 18 heavy (non-hydrogen) atoms. The minimum Gasteiger partial charge on any atom is -0.324 e. The van der Waals surface area contributed by atoms with Crippen molar-refractivity contribution in [2.24, 2.45) is 11.7 Å². The van der Waals surface area contributed by atoms with Crippen LogP contribution in [0.2, 0.25) is 0 Å². The summed E-state index contributed by atoms with van der Waals surface area (Å²) in [7, 11) is 0. The van der Waals surface area contributed by atoms with Crippen molar-refractivity contribution in [2.75, 3.05) is 0 Å². The fourth-order valence-corrected chi connectivity index (χ4v) is 1.67. The Morgan fingerprint density at radius 1 is 1.17 bits per heavy atom. The van der Waals surface area contributed by atoms with E-state index in [-0.39, 0.29) is 5.56 Å². The molecule has 0 bridgehead atoms. The van der Waals surface area contributed by atoms with Gasteiger partial charge in [0.25, 0.3) is 0 Å². The van der Waals surface area contributed by atoms with Crippen LogP contribution in [0.15, 0.2) is 18.2 Å². The first kappa shape index (κ1) is 15.0. The van der Waals surface area contributed by atoms with Crippen molar-refractivity contribution >= 4 is 0 Å². The van der Waals surface area contributed by atoms with Crippen molar-refractivity contribution in [3.63, 3.8) is 0 Å². The molecule has 0 unspecified atom stereocenters. The minimum absolute atomic E-state index is 0.142. The van der Waals surface area contributed by atoms with Crippen molar-refractivity contribution in [3.05, 3.63) is 35.1 Å². The van der Waals surface area contributed by atoms with E-state index in [1.54, 1.807) is 0 Å². The first-order valence-corrected chi connectivity index (χ1v) is 5.84. The summed E-state index contributed by atoms with van der Waals surface area (Å²) >= 11 is 0. The predicted molar refractivity (Wildman–Crippen MR) is 62.4 cm³/mol. The second kappa shape index (κ2) is 5.69. The van der Waals surface area contributed by atoms with Crippen LogP contribution in [0.1, 0.15) is 43.9 Å². The zero-order chi connectivity index (χ0) is 13.9. The van der Waals surface area contributed by atoms with Crippen molar-refractivity contribution in [3.8, 4) is 0 Å². The maximum atomic E-state index is 13.6. The summed E-state index contributed by atoms with van der Waals surface area (Å²) in [6, 6.07) is 1.94. The Bertz CT molecular complexity index is 398.